The van der Waals surface area contributed by atoms with E-state index >= 15 is 0 Å². The molecule has 4 N–H and O–H groups in total. The van der Waals surface area contributed by atoms with Gasteiger partial charge in [0.25, 0.3) is 11.8 Å². The van der Waals surface area contributed by atoms with Crippen LogP contribution in [-0.2, 0) is 24.4 Å². The van der Waals surface area contributed by atoms with E-state index in [0.29, 0.717) is 31.5 Å². The number of aliphatic hydroxyl groups is 1. The Balaban J connectivity index is 0.895. The number of sulfonamides is 1. The van der Waals surface area contributed by atoms with Crippen molar-refractivity contribution in [3.63, 3.8) is 0 Å². The third kappa shape index (κ3) is 7.25. The van der Waals surface area contributed by atoms with Crippen molar-refractivity contribution < 1.29 is 42.2 Å². The number of ether oxygens (including phenoxy) is 1. The zero-order valence-corrected chi connectivity index (χ0v) is 32.6. The van der Waals surface area contributed by atoms with Crippen molar-refractivity contribution in [1.29, 1.82) is 0 Å². The van der Waals surface area contributed by atoms with Crippen LogP contribution < -0.4 is 20.7 Å². The minimum absolute atomic E-state index is 0.0249. The summed E-state index contributed by atoms with van der Waals surface area (Å²) in [5.74, 6) is -2.51. The predicted octanol–water partition coefficient (Wildman–Crippen LogP) is 4.79. The van der Waals surface area contributed by atoms with E-state index in [9.17, 15) is 37.5 Å². The van der Waals surface area contributed by atoms with Gasteiger partial charge in [-0.3, -0.25) is 34.2 Å². The van der Waals surface area contributed by atoms with Crippen LogP contribution in [-0.4, -0.2) is 84.1 Å². The molecule has 0 aliphatic carbocycles. The first-order valence-corrected chi connectivity index (χ1v) is 20.9. The van der Waals surface area contributed by atoms with Gasteiger partial charge >= 0.3 is 0 Å². The minimum atomic E-state index is -3.82. The Kier molecular flexibility index (Phi) is 10.6. The van der Waals surface area contributed by atoms with Gasteiger partial charge in [0, 0.05) is 36.7 Å². The molecule has 4 heterocycles. The predicted molar refractivity (Wildman–Crippen MR) is 213 cm³/mol. The minimum Gasteiger partial charge on any atom is -0.493 e. The smallest absolute Gasteiger partial charge is 0.266 e. The Labute approximate surface area is 335 Å². The van der Waals surface area contributed by atoms with E-state index in [1.165, 1.54) is 6.07 Å². The van der Waals surface area contributed by atoms with Crippen LogP contribution >= 0.6 is 0 Å². The van der Waals surface area contributed by atoms with Crippen molar-refractivity contribution in [2.24, 2.45) is 5.92 Å². The van der Waals surface area contributed by atoms with Crippen molar-refractivity contribution in [2.45, 2.75) is 68.5 Å². The maximum absolute atomic E-state index is 14.0. The molecule has 0 spiro atoms. The second-order valence-corrected chi connectivity index (χ2v) is 17.0. The number of amides is 5. The van der Waals surface area contributed by atoms with E-state index < -0.39 is 45.7 Å². The van der Waals surface area contributed by atoms with Crippen LogP contribution in [0.4, 0.5) is 11.4 Å². The van der Waals surface area contributed by atoms with Crippen LogP contribution in [0.15, 0.2) is 89.8 Å². The number of rotatable bonds is 12. The summed E-state index contributed by atoms with van der Waals surface area (Å²) in [5.41, 5.74) is 5.06. The molecule has 5 amide bonds. The Morgan fingerprint density at radius 2 is 1.69 bits per heavy atom. The molecule has 2 saturated heterocycles. The van der Waals surface area contributed by atoms with Crippen LogP contribution in [0.5, 0.6) is 5.75 Å². The molecule has 300 valence electrons. The summed E-state index contributed by atoms with van der Waals surface area (Å²) in [6.07, 6.45) is 1.84. The van der Waals surface area contributed by atoms with Gasteiger partial charge in [-0.15, -0.1) is 0 Å². The highest BCUT2D eigenvalue weighted by Crippen LogP contribution is 2.49. The Bertz CT molecular complexity index is 2440. The first-order chi connectivity index (χ1) is 27.9. The molecule has 4 atom stereocenters. The first-order valence-electron chi connectivity index (χ1n) is 19.4. The number of carbonyl (C=O) groups is 5. The fourth-order valence-corrected chi connectivity index (χ4v) is 10.2. The first kappa shape index (κ1) is 38.9. The number of fused-ring (bicyclic) bond motifs is 4. The van der Waals surface area contributed by atoms with Gasteiger partial charge in [-0.2, -0.15) is 4.31 Å². The average Bonchev–Trinajstić information content (AvgIpc) is 3.78. The zero-order chi connectivity index (χ0) is 40.7. The van der Waals surface area contributed by atoms with Crippen molar-refractivity contribution >= 4 is 50.9 Å². The van der Waals surface area contributed by atoms with Crippen LogP contribution in [0.2, 0.25) is 0 Å². The third-order valence-corrected chi connectivity index (χ3v) is 13.3. The number of nitrogens with zero attached hydrogens (tertiary/aromatic N) is 2. The van der Waals surface area contributed by atoms with Crippen LogP contribution in [0.25, 0.3) is 11.1 Å². The summed E-state index contributed by atoms with van der Waals surface area (Å²) in [6.45, 7) is 2.30. The van der Waals surface area contributed by atoms with Crippen molar-refractivity contribution in [1.82, 2.24) is 14.5 Å². The molecule has 4 aromatic carbocycles. The van der Waals surface area contributed by atoms with Gasteiger partial charge in [-0.1, -0.05) is 42.0 Å². The lowest BCUT2D eigenvalue weighted by Gasteiger charge is -2.39. The number of anilines is 2. The Morgan fingerprint density at radius 3 is 2.47 bits per heavy atom. The standard InChI is InChI=1S/C43H43N5O9S/c1-25-11-14-29(15-12-25)58(55,56)47-20-19-30-34(24-49)45-33-16-13-27(23-32(33)40(30)47)26-6-4-7-28(22-26)44-37(50)10-2-3-21-57-36-9-5-8-31-39(36)43(54)48(42(31)53)35-17-18-38(51)46-41(35)52/h4-9,11-16,22-23,30,34-35,40,45,49H,2-3,10,17-21,24H2,1H3,(H,44,50)(H,46,51,52)/t30-,34+,35?,40-/m1/s1. The third-order valence-electron chi connectivity index (χ3n) is 11.4. The van der Waals surface area contributed by atoms with E-state index in [-0.39, 0.29) is 72.1 Å². The topological polar surface area (TPSA) is 192 Å². The van der Waals surface area contributed by atoms with Gasteiger partial charge in [-0.05, 0) is 97.8 Å². The number of carbonyl (C=O) groups excluding carboxylic acids is 5. The van der Waals surface area contributed by atoms with Gasteiger partial charge < -0.3 is 20.5 Å². The number of piperidine rings is 1. The molecule has 0 radical (unpaired) electrons. The molecule has 8 rings (SSSR count). The maximum atomic E-state index is 14.0. The van der Waals surface area contributed by atoms with Crippen molar-refractivity contribution in [2.75, 3.05) is 30.4 Å². The molecule has 0 saturated carbocycles. The lowest BCUT2D eigenvalue weighted by atomic mass is 9.82. The molecule has 14 nitrogen and oxygen atoms in total. The fourth-order valence-electron chi connectivity index (χ4n) is 8.49. The summed E-state index contributed by atoms with van der Waals surface area (Å²) in [6, 6.07) is 23.0. The van der Waals surface area contributed by atoms with Gasteiger partial charge in [-0.25, -0.2) is 8.42 Å². The van der Waals surface area contributed by atoms with Crippen LogP contribution in [0, 0.1) is 12.8 Å². The highest BCUT2D eigenvalue weighted by Gasteiger charge is 2.49. The number of unbranched alkanes of at least 4 members (excludes halogenated alkanes) is 1. The quantitative estimate of drug-likeness (QED) is 0.114. The van der Waals surface area contributed by atoms with Gasteiger partial charge in [0.1, 0.15) is 11.8 Å². The largest absolute Gasteiger partial charge is 0.493 e. The maximum Gasteiger partial charge on any atom is 0.266 e. The number of aliphatic hydroxyl groups excluding tert-OH is 1. The number of imide groups is 2. The molecular weight excluding hydrogens is 763 g/mol. The number of aryl methyl sites for hydroxylation is 1. The van der Waals surface area contributed by atoms with E-state index in [4.69, 9.17) is 4.74 Å². The van der Waals surface area contributed by atoms with E-state index in [1.807, 2.05) is 43.3 Å². The normalized spacial score (nSPS) is 21.5. The fraction of sp³-hybridized carbons (Fsp3) is 0.326. The SMILES string of the molecule is Cc1ccc(S(=O)(=O)N2CC[C@@H]3[C@H](CO)Nc4ccc(-c5cccc(NC(=O)CCCCOc6cccc7c6C(=O)N(C6CCC(=O)NC6=O)C7=O)c5)cc4[C@@H]32)cc1. The Hall–Kier alpha value is -5.90. The monoisotopic (exact) mass is 805 g/mol. The van der Waals surface area contributed by atoms with Crippen LogP contribution in [0.3, 0.4) is 0 Å². The van der Waals surface area contributed by atoms with Crippen molar-refractivity contribution in [3.05, 3.63) is 107 Å². The number of nitrogens with one attached hydrogen (secondary N) is 3. The molecular formula is C43H43N5O9S. The zero-order valence-electron chi connectivity index (χ0n) is 31.8. The lowest BCUT2D eigenvalue weighted by molar-refractivity contribution is -0.136. The molecule has 1 unspecified atom stereocenters. The van der Waals surface area contributed by atoms with Crippen LogP contribution in [0.1, 0.15) is 76.4 Å². The summed E-state index contributed by atoms with van der Waals surface area (Å²) in [5, 5.41) is 18.8. The molecule has 0 aromatic heterocycles. The highest BCUT2D eigenvalue weighted by atomic mass is 32.2. The van der Waals surface area contributed by atoms with Crippen molar-refractivity contribution in [3.8, 4) is 16.9 Å². The number of hydrogen-bond acceptors (Lipinski definition) is 10. The molecule has 15 heteroatoms. The average molecular weight is 806 g/mol. The van der Waals surface area contributed by atoms with E-state index in [2.05, 4.69) is 16.0 Å². The second-order valence-electron chi connectivity index (χ2n) is 15.1. The lowest BCUT2D eigenvalue weighted by Crippen LogP contribution is -2.54. The summed E-state index contributed by atoms with van der Waals surface area (Å²) in [7, 11) is -3.82. The molecule has 4 aliphatic rings. The highest BCUT2D eigenvalue weighted by molar-refractivity contribution is 7.89. The van der Waals surface area contributed by atoms with E-state index in [0.717, 1.165) is 32.8 Å². The summed E-state index contributed by atoms with van der Waals surface area (Å²) in [4.78, 5) is 64.6. The molecule has 2 fully saturated rings. The Morgan fingerprint density at radius 1 is 0.914 bits per heavy atom. The summed E-state index contributed by atoms with van der Waals surface area (Å²) >= 11 is 0. The molecule has 4 aromatic rings. The number of hydrogen-bond donors (Lipinski definition) is 4. The van der Waals surface area contributed by atoms with Gasteiger partial charge in [0.05, 0.1) is 41.3 Å². The van der Waals surface area contributed by atoms with Gasteiger partial charge in [0.15, 0.2) is 0 Å². The second kappa shape index (κ2) is 15.8. The molecule has 58 heavy (non-hydrogen) atoms. The van der Waals surface area contributed by atoms with Gasteiger partial charge in [0.2, 0.25) is 27.7 Å². The number of benzene rings is 4. The molecule has 4 aliphatic heterocycles. The molecule has 0 bridgehead atoms. The summed E-state index contributed by atoms with van der Waals surface area (Å²) < 4.78 is 35.4. The van der Waals surface area contributed by atoms with E-state index in [1.54, 1.807) is 46.8 Å².